The van der Waals surface area contributed by atoms with Gasteiger partial charge in [0.25, 0.3) is 0 Å². The van der Waals surface area contributed by atoms with E-state index in [0.717, 1.165) is 42.0 Å². The highest BCUT2D eigenvalue weighted by Gasteiger charge is 2.30. The zero-order chi connectivity index (χ0) is 17.7. The number of aromatic nitrogens is 1. The second-order valence-corrected chi connectivity index (χ2v) is 6.40. The van der Waals surface area contributed by atoms with Gasteiger partial charge in [-0.1, -0.05) is 25.5 Å². The maximum atomic E-state index is 12.6. The Morgan fingerprint density at radius 1 is 1.25 bits per heavy atom. The van der Waals surface area contributed by atoms with Gasteiger partial charge in [-0.25, -0.2) is 4.98 Å². The first-order valence-electron chi connectivity index (χ1n) is 7.58. The van der Waals surface area contributed by atoms with Crippen molar-refractivity contribution in [2.45, 2.75) is 38.8 Å². The fourth-order valence-corrected chi connectivity index (χ4v) is 3.29. The molecule has 2 aromatic rings. The van der Waals surface area contributed by atoms with E-state index in [0.29, 0.717) is 10.6 Å². The molecule has 130 valence electrons. The van der Waals surface area contributed by atoms with Crippen molar-refractivity contribution in [2.24, 2.45) is 0 Å². The topological polar surface area (TPSA) is 39.2 Å². The van der Waals surface area contributed by atoms with Crippen molar-refractivity contribution in [3.63, 3.8) is 0 Å². The monoisotopic (exact) mass is 357 g/mol. The molecule has 0 bridgehead atoms. The highest BCUT2D eigenvalue weighted by Crippen LogP contribution is 2.33. The highest BCUT2D eigenvalue weighted by molar-refractivity contribution is 7.15. The Hall–Kier alpha value is -1.89. The van der Waals surface area contributed by atoms with Crippen LogP contribution >= 0.6 is 11.3 Å². The Labute approximate surface area is 142 Å². The van der Waals surface area contributed by atoms with E-state index in [2.05, 4.69) is 11.9 Å². The molecule has 0 spiro atoms. The van der Waals surface area contributed by atoms with Gasteiger partial charge in [0, 0.05) is 10.4 Å². The van der Waals surface area contributed by atoms with Crippen molar-refractivity contribution in [2.75, 3.05) is 7.11 Å². The van der Waals surface area contributed by atoms with E-state index in [1.54, 1.807) is 0 Å². The van der Waals surface area contributed by atoms with Gasteiger partial charge in [0.2, 0.25) is 0 Å². The lowest BCUT2D eigenvalue weighted by Gasteiger charge is -2.06. The maximum absolute atomic E-state index is 12.6. The Kier molecular flexibility index (Phi) is 5.99. The lowest BCUT2D eigenvalue weighted by atomic mass is 10.1. The molecule has 0 radical (unpaired) electrons. The van der Waals surface area contributed by atoms with Gasteiger partial charge in [-0.15, -0.1) is 11.3 Å². The van der Waals surface area contributed by atoms with E-state index < -0.39 is 11.7 Å². The van der Waals surface area contributed by atoms with Crippen LogP contribution in [0.1, 0.15) is 35.9 Å². The van der Waals surface area contributed by atoms with E-state index in [1.165, 1.54) is 30.6 Å². The normalized spacial score (nSPS) is 11.5. The first-order chi connectivity index (χ1) is 11.3. The minimum Gasteiger partial charge on any atom is -0.469 e. The van der Waals surface area contributed by atoms with Gasteiger partial charge in [0.1, 0.15) is 5.01 Å². The molecule has 0 aliphatic rings. The Balaban J connectivity index is 2.30. The molecule has 0 aliphatic carbocycles. The molecule has 1 aromatic heterocycles. The standard InChI is InChI=1S/C17H18F3NO2S/c1-3-4-5-13-14(10-15(22)23-2)24-16(21-13)11-6-8-12(9-7-11)17(18,19)20/h6-9H,3-5,10H2,1-2H3. The summed E-state index contributed by atoms with van der Waals surface area (Å²) in [6, 6.07) is 4.91. The SMILES string of the molecule is CCCCc1nc(-c2ccc(C(F)(F)F)cc2)sc1CC(=O)OC. The van der Waals surface area contributed by atoms with Gasteiger partial charge < -0.3 is 4.74 Å². The third-order valence-corrected chi connectivity index (χ3v) is 4.68. The van der Waals surface area contributed by atoms with Crippen molar-refractivity contribution in [3.05, 3.63) is 40.4 Å². The molecular formula is C17H18F3NO2S. The zero-order valence-corrected chi connectivity index (χ0v) is 14.3. The fourth-order valence-electron chi connectivity index (χ4n) is 2.19. The predicted octanol–water partition coefficient (Wildman–Crippen LogP) is 4.89. The molecule has 0 amide bonds. The average Bonchev–Trinajstić information content (AvgIpc) is 2.94. The summed E-state index contributed by atoms with van der Waals surface area (Å²) in [5, 5.41) is 0.619. The van der Waals surface area contributed by atoms with Crippen LogP contribution in [0.15, 0.2) is 24.3 Å². The second-order valence-electron chi connectivity index (χ2n) is 5.32. The Morgan fingerprint density at radius 2 is 1.92 bits per heavy atom. The summed E-state index contributed by atoms with van der Waals surface area (Å²) in [5.74, 6) is -0.352. The van der Waals surface area contributed by atoms with E-state index in [-0.39, 0.29) is 12.4 Å². The number of nitrogens with zero attached hydrogens (tertiary/aromatic N) is 1. The summed E-state index contributed by atoms with van der Waals surface area (Å²) in [5.41, 5.74) is 0.743. The van der Waals surface area contributed by atoms with Crippen LogP contribution in [0.4, 0.5) is 13.2 Å². The van der Waals surface area contributed by atoms with Gasteiger partial charge in [-0.05, 0) is 25.0 Å². The minimum absolute atomic E-state index is 0.133. The maximum Gasteiger partial charge on any atom is 0.416 e. The van der Waals surface area contributed by atoms with Gasteiger partial charge in [-0.3, -0.25) is 4.79 Å². The second kappa shape index (κ2) is 7.79. The van der Waals surface area contributed by atoms with Gasteiger partial charge >= 0.3 is 12.1 Å². The molecule has 24 heavy (non-hydrogen) atoms. The number of methoxy groups -OCH3 is 1. The van der Waals surface area contributed by atoms with Gasteiger partial charge in [0.05, 0.1) is 24.8 Å². The molecule has 0 saturated carbocycles. The molecule has 0 saturated heterocycles. The molecular weight excluding hydrogens is 339 g/mol. The summed E-state index contributed by atoms with van der Waals surface area (Å²) < 4.78 is 42.6. The summed E-state index contributed by atoms with van der Waals surface area (Å²) in [4.78, 5) is 16.9. The number of aryl methyl sites for hydroxylation is 1. The number of rotatable bonds is 6. The lowest BCUT2D eigenvalue weighted by Crippen LogP contribution is -2.05. The van der Waals surface area contributed by atoms with Crippen molar-refractivity contribution < 1.29 is 22.7 Å². The zero-order valence-electron chi connectivity index (χ0n) is 13.4. The first-order valence-corrected chi connectivity index (χ1v) is 8.39. The molecule has 1 aromatic carbocycles. The molecule has 7 heteroatoms. The number of carbonyl (C=O) groups is 1. The van der Waals surface area contributed by atoms with Crippen molar-refractivity contribution >= 4 is 17.3 Å². The number of benzene rings is 1. The van der Waals surface area contributed by atoms with Crippen LogP contribution in [0.2, 0.25) is 0 Å². The number of unbranched alkanes of at least 4 members (excludes halogenated alkanes) is 1. The Morgan fingerprint density at radius 3 is 2.46 bits per heavy atom. The number of alkyl halides is 3. The summed E-state index contributed by atoms with van der Waals surface area (Å²) in [6.07, 6.45) is -1.56. The fraction of sp³-hybridized carbons (Fsp3) is 0.412. The summed E-state index contributed by atoms with van der Waals surface area (Å²) in [7, 11) is 1.33. The predicted molar refractivity (Wildman–Crippen MR) is 86.9 cm³/mol. The number of esters is 1. The minimum atomic E-state index is -4.36. The number of carbonyl (C=O) groups excluding carboxylic acids is 1. The summed E-state index contributed by atoms with van der Waals surface area (Å²) >= 11 is 1.33. The molecule has 0 N–H and O–H groups in total. The van der Waals surface area contributed by atoms with E-state index in [4.69, 9.17) is 4.74 Å². The first kappa shape index (κ1) is 18.4. The van der Waals surface area contributed by atoms with Gasteiger partial charge in [-0.2, -0.15) is 13.2 Å². The van der Waals surface area contributed by atoms with Crippen molar-refractivity contribution in [1.29, 1.82) is 0 Å². The van der Waals surface area contributed by atoms with Crippen molar-refractivity contribution in [1.82, 2.24) is 4.98 Å². The number of halogens is 3. The van der Waals surface area contributed by atoms with Crippen LogP contribution in [-0.4, -0.2) is 18.1 Å². The van der Waals surface area contributed by atoms with E-state index >= 15 is 0 Å². The number of hydrogen-bond donors (Lipinski definition) is 0. The molecule has 2 rings (SSSR count). The number of ether oxygens (including phenoxy) is 1. The third-order valence-electron chi connectivity index (χ3n) is 3.54. The Bertz CT molecular complexity index is 693. The lowest BCUT2D eigenvalue weighted by molar-refractivity contribution is -0.140. The quantitative estimate of drug-likeness (QED) is 0.691. The molecule has 0 aliphatic heterocycles. The molecule has 0 fully saturated rings. The highest BCUT2D eigenvalue weighted by atomic mass is 32.1. The number of hydrogen-bond acceptors (Lipinski definition) is 4. The largest absolute Gasteiger partial charge is 0.469 e. The van der Waals surface area contributed by atoms with Crippen LogP contribution in [-0.2, 0) is 28.5 Å². The third kappa shape index (κ3) is 4.56. The van der Waals surface area contributed by atoms with Crippen LogP contribution < -0.4 is 0 Å². The number of thiazole rings is 1. The van der Waals surface area contributed by atoms with Gasteiger partial charge in [0.15, 0.2) is 0 Å². The summed E-state index contributed by atoms with van der Waals surface area (Å²) in [6.45, 7) is 2.06. The van der Waals surface area contributed by atoms with Crippen LogP contribution in [0.3, 0.4) is 0 Å². The van der Waals surface area contributed by atoms with Crippen LogP contribution in [0.25, 0.3) is 10.6 Å². The molecule has 1 heterocycles. The van der Waals surface area contributed by atoms with Crippen LogP contribution in [0, 0.1) is 0 Å². The molecule has 0 atom stereocenters. The average molecular weight is 357 g/mol. The smallest absolute Gasteiger partial charge is 0.416 e. The van der Waals surface area contributed by atoms with Crippen molar-refractivity contribution in [3.8, 4) is 10.6 Å². The van der Waals surface area contributed by atoms with E-state index in [1.807, 2.05) is 0 Å². The molecule has 3 nitrogen and oxygen atoms in total. The van der Waals surface area contributed by atoms with Crippen LogP contribution in [0.5, 0.6) is 0 Å². The van der Waals surface area contributed by atoms with E-state index in [9.17, 15) is 18.0 Å². The molecule has 0 unspecified atom stereocenters.